The quantitative estimate of drug-likeness (QED) is 0.348. The summed E-state index contributed by atoms with van der Waals surface area (Å²) < 4.78 is 9.79. The lowest BCUT2D eigenvalue weighted by atomic mass is 9.91. The first-order valence-corrected chi connectivity index (χ1v) is 6.68. The van der Waals surface area contributed by atoms with Crippen LogP contribution in [-0.4, -0.2) is 49.5 Å². The zero-order valence-electron chi connectivity index (χ0n) is 12.5. The van der Waals surface area contributed by atoms with E-state index in [1.807, 2.05) is 6.92 Å². The molecule has 6 nitrogen and oxygen atoms in total. The van der Waals surface area contributed by atoms with Crippen LogP contribution in [0.15, 0.2) is 12.7 Å². The lowest BCUT2D eigenvalue weighted by Crippen LogP contribution is -2.35. The van der Waals surface area contributed by atoms with Gasteiger partial charge in [-0.2, -0.15) is 0 Å². The minimum absolute atomic E-state index is 0.0539. The van der Waals surface area contributed by atoms with Crippen LogP contribution in [0.2, 0.25) is 0 Å². The van der Waals surface area contributed by atoms with Crippen molar-refractivity contribution in [3.63, 3.8) is 0 Å². The summed E-state index contributed by atoms with van der Waals surface area (Å²) >= 11 is 0. The summed E-state index contributed by atoms with van der Waals surface area (Å²) in [6.07, 6.45) is 0.972. The molecule has 0 bridgehead atoms. The standard InChI is InChI=1S/C14H25NO5/c1-5-12(17)19-8-7-15-9-11(16)10-20-13(18)14(3,4)6-2/h5,11,15-16H,1,6-10H2,2-4H3. The maximum absolute atomic E-state index is 11.7. The maximum atomic E-state index is 11.7. The van der Waals surface area contributed by atoms with Gasteiger partial charge in [0.05, 0.1) is 5.41 Å². The molecule has 0 aromatic rings. The third-order valence-electron chi connectivity index (χ3n) is 2.91. The minimum Gasteiger partial charge on any atom is -0.462 e. The van der Waals surface area contributed by atoms with Crippen LogP contribution in [0.3, 0.4) is 0 Å². The van der Waals surface area contributed by atoms with Gasteiger partial charge in [0.2, 0.25) is 0 Å². The molecule has 0 aromatic heterocycles. The number of aliphatic hydroxyl groups excluding tert-OH is 1. The van der Waals surface area contributed by atoms with Gasteiger partial charge in [0, 0.05) is 19.2 Å². The molecule has 0 saturated heterocycles. The summed E-state index contributed by atoms with van der Waals surface area (Å²) in [6.45, 7) is 9.58. The Hall–Kier alpha value is -1.40. The Morgan fingerprint density at radius 3 is 2.60 bits per heavy atom. The Bertz CT molecular complexity index is 328. The van der Waals surface area contributed by atoms with Gasteiger partial charge in [0.15, 0.2) is 0 Å². The van der Waals surface area contributed by atoms with Crippen molar-refractivity contribution in [3.05, 3.63) is 12.7 Å². The highest BCUT2D eigenvalue weighted by molar-refractivity contribution is 5.81. The Kier molecular flexibility index (Phi) is 8.83. The third kappa shape index (κ3) is 7.91. The average Bonchev–Trinajstić information content (AvgIpc) is 2.43. The van der Waals surface area contributed by atoms with Crippen molar-refractivity contribution in [1.29, 1.82) is 0 Å². The second-order valence-corrected chi connectivity index (χ2v) is 5.07. The summed E-state index contributed by atoms with van der Waals surface area (Å²) in [4.78, 5) is 22.4. The van der Waals surface area contributed by atoms with Gasteiger partial charge in [0.1, 0.15) is 19.3 Å². The molecule has 1 unspecified atom stereocenters. The number of nitrogens with one attached hydrogen (secondary N) is 1. The lowest BCUT2D eigenvalue weighted by molar-refractivity contribution is -0.157. The van der Waals surface area contributed by atoms with E-state index in [-0.39, 0.29) is 25.7 Å². The van der Waals surface area contributed by atoms with Gasteiger partial charge in [-0.05, 0) is 20.3 Å². The number of carbonyl (C=O) groups excluding carboxylic acids is 2. The summed E-state index contributed by atoms with van der Waals surface area (Å²) in [5.74, 6) is -0.804. The van der Waals surface area contributed by atoms with E-state index in [0.717, 1.165) is 6.08 Å². The van der Waals surface area contributed by atoms with E-state index in [9.17, 15) is 14.7 Å². The number of ether oxygens (including phenoxy) is 2. The van der Waals surface area contributed by atoms with E-state index in [1.54, 1.807) is 13.8 Å². The number of carbonyl (C=O) groups is 2. The number of esters is 2. The highest BCUT2D eigenvalue weighted by atomic mass is 16.5. The molecule has 0 aliphatic heterocycles. The van der Waals surface area contributed by atoms with E-state index in [1.165, 1.54) is 0 Å². The number of rotatable bonds is 10. The zero-order chi connectivity index (χ0) is 15.6. The van der Waals surface area contributed by atoms with Gasteiger partial charge in [-0.1, -0.05) is 13.5 Å². The highest BCUT2D eigenvalue weighted by Crippen LogP contribution is 2.21. The van der Waals surface area contributed by atoms with Crippen LogP contribution >= 0.6 is 0 Å². The molecule has 0 aliphatic rings. The van der Waals surface area contributed by atoms with Crippen molar-refractivity contribution < 1.29 is 24.2 Å². The SMILES string of the molecule is C=CC(=O)OCCNCC(O)COC(=O)C(C)(C)CC. The predicted molar refractivity (Wildman–Crippen MR) is 75.1 cm³/mol. The summed E-state index contributed by atoms with van der Waals surface area (Å²) in [7, 11) is 0. The van der Waals surface area contributed by atoms with Gasteiger partial charge in [-0.25, -0.2) is 4.79 Å². The van der Waals surface area contributed by atoms with E-state index < -0.39 is 17.5 Å². The van der Waals surface area contributed by atoms with Gasteiger partial charge < -0.3 is 19.9 Å². The van der Waals surface area contributed by atoms with Gasteiger partial charge in [-0.15, -0.1) is 0 Å². The first-order valence-electron chi connectivity index (χ1n) is 6.68. The Morgan fingerprint density at radius 1 is 1.40 bits per heavy atom. The molecular weight excluding hydrogens is 262 g/mol. The first kappa shape index (κ1) is 18.6. The molecule has 0 saturated carbocycles. The monoisotopic (exact) mass is 287 g/mol. The number of hydrogen-bond donors (Lipinski definition) is 2. The molecule has 0 heterocycles. The summed E-state index contributed by atoms with van der Waals surface area (Å²) in [5.41, 5.74) is -0.536. The molecule has 0 spiro atoms. The van der Waals surface area contributed by atoms with Crippen molar-refractivity contribution >= 4 is 11.9 Å². The second-order valence-electron chi connectivity index (χ2n) is 5.07. The molecule has 6 heteroatoms. The highest BCUT2D eigenvalue weighted by Gasteiger charge is 2.27. The van der Waals surface area contributed by atoms with Crippen LogP contribution in [0.25, 0.3) is 0 Å². The zero-order valence-corrected chi connectivity index (χ0v) is 12.5. The van der Waals surface area contributed by atoms with Gasteiger partial charge in [0.25, 0.3) is 0 Å². The largest absolute Gasteiger partial charge is 0.462 e. The molecule has 0 radical (unpaired) electrons. The second kappa shape index (κ2) is 9.50. The Labute approximate surface area is 120 Å². The van der Waals surface area contributed by atoms with Crippen LogP contribution in [0.4, 0.5) is 0 Å². The van der Waals surface area contributed by atoms with Crippen molar-refractivity contribution in [2.45, 2.75) is 33.3 Å². The van der Waals surface area contributed by atoms with E-state index >= 15 is 0 Å². The van der Waals surface area contributed by atoms with Crippen LogP contribution in [-0.2, 0) is 19.1 Å². The van der Waals surface area contributed by atoms with Crippen LogP contribution in [0.5, 0.6) is 0 Å². The first-order chi connectivity index (χ1) is 9.33. The van der Waals surface area contributed by atoms with Crippen LogP contribution < -0.4 is 5.32 Å². The van der Waals surface area contributed by atoms with Gasteiger partial charge >= 0.3 is 11.9 Å². The average molecular weight is 287 g/mol. The fraction of sp³-hybridized carbons (Fsp3) is 0.714. The molecule has 1 atom stereocenters. The molecule has 0 amide bonds. The third-order valence-corrected chi connectivity index (χ3v) is 2.91. The van der Waals surface area contributed by atoms with E-state index in [4.69, 9.17) is 9.47 Å². The fourth-order valence-electron chi connectivity index (χ4n) is 1.12. The van der Waals surface area contributed by atoms with Crippen LogP contribution in [0, 0.1) is 5.41 Å². The number of aliphatic hydroxyl groups is 1. The molecule has 2 N–H and O–H groups in total. The molecular formula is C14H25NO5. The molecule has 116 valence electrons. The molecule has 0 fully saturated rings. The molecule has 20 heavy (non-hydrogen) atoms. The molecule has 0 aliphatic carbocycles. The predicted octanol–water partition coefficient (Wildman–Crippen LogP) is 0.645. The van der Waals surface area contributed by atoms with Crippen molar-refractivity contribution in [2.75, 3.05) is 26.3 Å². The maximum Gasteiger partial charge on any atom is 0.330 e. The summed E-state index contributed by atoms with van der Waals surface area (Å²) in [6, 6.07) is 0. The normalized spacial score (nSPS) is 12.6. The number of hydrogen-bond acceptors (Lipinski definition) is 6. The van der Waals surface area contributed by atoms with Crippen molar-refractivity contribution in [2.24, 2.45) is 5.41 Å². The van der Waals surface area contributed by atoms with Crippen LogP contribution in [0.1, 0.15) is 27.2 Å². The Balaban J connectivity index is 3.69. The summed E-state index contributed by atoms with van der Waals surface area (Å²) in [5, 5.41) is 12.5. The van der Waals surface area contributed by atoms with E-state index in [0.29, 0.717) is 13.0 Å². The van der Waals surface area contributed by atoms with Gasteiger partial charge in [-0.3, -0.25) is 4.79 Å². The fourth-order valence-corrected chi connectivity index (χ4v) is 1.12. The lowest BCUT2D eigenvalue weighted by Gasteiger charge is -2.21. The smallest absolute Gasteiger partial charge is 0.330 e. The molecule has 0 aromatic carbocycles. The topological polar surface area (TPSA) is 84.9 Å². The Morgan fingerprint density at radius 2 is 2.05 bits per heavy atom. The molecule has 0 rings (SSSR count). The van der Waals surface area contributed by atoms with Crippen molar-refractivity contribution in [1.82, 2.24) is 5.32 Å². The minimum atomic E-state index is -0.790. The van der Waals surface area contributed by atoms with Crippen molar-refractivity contribution in [3.8, 4) is 0 Å². The van der Waals surface area contributed by atoms with E-state index in [2.05, 4.69) is 11.9 Å².